The molecule has 4 rings (SSSR count). The summed E-state index contributed by atoms with van der Waals surface area (Å²) in [6, 6.07) is 20.7. The van der Waals surface area contributed by atoms with Crippen molar-refractivity contribution in [3.63, 3.8) is 0 Å². The van der Waals surface area contributed by atoms with E-state index >= 15 is 0 Å². The summed E-state index contributed by atoms with van der Waals surface area (Å²) in [5.41, 5.74) is 3.71. The van der Waals surface area contributed by atoms with Crippen LogP contribution in [0, 0.1) is 5.82 Å². The smallest absolute Gasteiger partial charge is 0.265 e. The van der Waals surface area contributed by atoms with Crippen LogP contribution in [0.15, 0.2) is 79.0 Å². The average molecular weight is 387 g/mol. The van der Waals surface area contributed by atoms with Crippen LogP contribution in [0.25, 0.3) is 22.3 Å². The molecule has 1 amide bonds. The first-order chi connectivity index (χ1) is 14.1. The fraction of sp³-hybridized carbons (Fsp3) is 0.0870. The molecule has 0 saturated heterocycles. The lowest BCUT2D eigenvalue weighted by Crippen LogP contribution is -2.30. The molecule has 0 saturated carbocycles. The molecule has 1 heterocycles. The molecule has 1 unspecified atom stereocenters. The number of amides is 1. The van der Waals surface area contributed by atoms with Crippen LogP contribution in [0.4, 0.5) is 10.1 Å². The monoisotopic (exact) mass is 387 g/mol. The molecule has 29 heavy (non-hydrogen) atoms. The van der Waals surface area contributed by atoms with Crippen LogP contribution in [0.5, 0.6) is 5.75 Å². The van der Waals surface area contributed by atoms with E-state index in [1.54, 1.807) is 31.3 Å². The summed E-state index contributed by atoms with van der Waals surface area (Å²) in [6.07, 6.45) is 0.984. The van der Waals surface area contributed by atoms with Gasteiger partial charge >= 0.3 is 0 Å². The van der Waals surface area contributed by atoms with Gasteiger partial charge in [0.25, 0.3) is 5.91 Å². The van der Waals surface area contributed by atoms with Crippen LogP contribution in [0.1, 0.15) is 6.92 Å². The van der Waals surface area contributed by atoms with Crippen LogP contribution in [-0.4, -0.2) is 22.0 Å². The summed E-state index contributed by atoms with van der Waals surface area (Å²) in [7, 11) is 0. The zero-order chi connectivity index (χ0) is 20.2. The van der Waals surface area contributed by atoms with Gasteiger partial charge in [0.1, 0.15) is 11.6 Å². The molecular formula is C23H18FN3O2. The van der Waals surface area contributed by atoms with Gasteiger partial charge in [-0.1, -0.05) is 18.2 Å². The van der Waals surface area contributed by atoms with E-state index in [0.717, 1.165) is 22.3 Å². The fourth-order valence-corrected chi connectivity index (χ4v) is 2.87. The Kier molecular flexibility index (Phi) is 5.16. The maximum absolute atomic E-state index is 13.2. The van der Waals surface area contributed by atoms with E-state index in [0.29, 0.717) is 11.4 Å². The van der Waals surface area contributed by atoms with Crippen molar-refractivity contribution in [1.82, 2.24) is 9.97 Å². The third-order valence-corrected chi connectivity index (χ3v) is 4.37. The molecule has 0 radical (unpaired) electrons. The number of hydrogen-bond donors (Lipinski definition) is 1. The van der Waals surface area contributed by atoms with Crippen molar-refractivity contribution >= 4 is 22.6 Å². The minimum absolute atomic E-state index is 0.361. The average Bonchev–Trinajstić information content (AvgIpc) is 2.74. The minimum atomic E-state index is -0.746. The lowest BCUT2D eigenvalue weighted by molar-refractivity contribution is -0.122. The molecule has 3 aromatic carbocycles. The van der Waals surface area contributed by atoms with E-state index in [4.69, 9.17) is 4.74 Å². The molecule has 0 bridgehead atoms. The number of rotatable bonds is 5. The topological polar surface area (TPSA) is 64.1 Å². The first-order valence-electron chi connectivity index (χ1n) is 9.14. The number of benzene rings is 3. The molecule has 5 nitrogen and oxygen atoms in total. The molecule has 0 spiro atoms. The summed E-state index contributed by atoms with van der Waals surface area (Å²) < 4.78 is 18.9. The SMILES string of the molecule is CC(Oc1ccc(-c2cnc3ccccc3n2)cc1)C(=O)Nc1cccc(F)c1. The molecule has 4 aromatic rings. The molecule has 1 aromatic heterocycles. The number of hydrogen-bond acceptors (Lipinski definition) is 4. The Labute approximate surface area is 167 Å². The number of fused-ring (bicyclic) bond motifs is 1. The van der Waals surface area contributed by atoms with Crippen LogP contribution in [0.2, 0.25) is 0 Å². The highest BCUT2D eigenvalue weighted by Crippen LogP contribution is 2.23. The second-order valence-electron chi connectivity index (χ2n) is 6.53. The van der Waals surface area contributed by atoms with E-state index in [-0.39, 0.29) is 5.91 Å². The molecule has 144 valence electrons. The zero-order valence-electron chi connectivity index (χ0n) is 15.7. The van der Waals surface area contributed by atoms with E-state index in [9.17, 15) is 9.18 Å². The molecule has 1 N–H and O–H groups in total. The Balaban J connectivity index is 1.43. The molecule has 0 aliphatic heterocycles. The van der Waals surface area contributed by atoms with Gasteiger partial charge in [-0.05, 0) is 61.5 Å². The highest BCUT2D eigenvalue weighted by molar-refractivity contribution is 5.94. The van der Waals surface area contributed by atoms with Crippen molar-refractivity contribution in [2.75, 3.05) is 5.32 Å². The first kappa shape index (κ1) is 18.6. The van der Waals surface area contributed by atoms with Gasteiger partial charge in [-0.2, -0.15) is 0 Å². The maximum Gasteiger partial charge on any atom is 0.265 e. The van der Waals surface area contributed by atoms with Crippen LogP contribution in [0.3, 0.4) is 0 Å². The number of nitrogens with one attached hydrogen (secondary N) is 1. The van der Waals surface area contributed by atoms with E-state index in [2.05, 4.69) is 15.3 Å². The third kappa shape index (κ3) is 4.38. The number of nitrogens with zero attached hydrogens (tertiary/aromatic N) is 2. The highest BCUT2D eigenvalue weighted by atomic mass is 19.1. The molecule has 0 fully saturated rings. The van der Waals surface area contributed by atoms with Crippen molar-refractivity contribution in [3.8, 4) is 17.0 Å². The Hall–Kier alpha value is -3.80. The summed E-state index contributed by atoms with van der Waals surface area (Å²) in [6.45, 7) is 1.64. The molecule has 6 heteroatoms. The standard InChI is InChI=1S/C23H18FN3O2/c1-15(23(28)26-18-6-4-5-17(24)13-18)29-19-11-9-16(10-12-19)22-14-25-20-7-2-3-8-21(20)27-22/h2-15H,1H3,(H,26,28). The zero-order valence-corrected chi connectivity index (χ0v) is 15.7. The Morgan fingerprint density at radius 1 is 1.00 bits per heavy atom. The number of anilines is 1. The second-order valence-corrected chi connectivity index (χ2v) is 6.53. The Morgan fingerprint density at radius 2 is 1.76 bits per heavy atom. The minimum Gasteiger partial charge on any atom is -0.481 e. The van der Waals surface area contributed by atoms with Gasteiger partial charge in [0, 0.05) is 11.3 Å². The Morgan fingerprint density at radius 3 is 2.52 bits per heavy atom. The van der Waals surface area contributed by atoms with Crippen LogP contribution in [-0.2, 0) is 4.79 Å². The third-order valence-electron chi connectivity index (χ3n) is 4.37. The van der Waals surface area contributed by atoms with Gasteiger partial charge in [0.15, 0.2) is 6.10 Å². The highest BCUT2D eigenvalue weighted by Gasteiger charge is 2.15. The number of carbonyl (C=O) groups excluding carboxylic acids is 1. The van der Waals surface area contributed by atoms with E-state index in [1.165, 1.54) is 18.2 Å². The number of aromatic nitrogens is 2. The van der Waals surface area contributed by atoms with Gasteiger partial charge in [-0.25, -0.2) is 9.37 Å². The van der Waals surface area contributed by atoms with Crippen molar-refractivity contribution < 1.29 is 13.9 Å². The number of halogens is 1. The van der Waals surface area contributed by atoms with Crippen molar-refractivity contribution in [3.05, 3.63) is 84.8 Å². The quantitative estimate of drug-likeness (QED) is 0.532. The number of carbonyl (C=O) groups is 1. The van der Waals surface area contributed by atoms with Gasteiger partial charge in [-0.3, -0.25) is 9.78 Å². The van der Waals surface area contributed by atoms with Gasteiger partial charge in [0.2, 0.25) is 0 Å². The normalized spacial score (nSPS) is 11.8. The van der Waals surface area contributed by atoms with Crippen molar-refractivity contribution in [2.45, 2.75) is 13.0 Å². The molecular weight excluding hydrogens is 369 g/mol. The molecule has 0 aliphatic rings. The van der Waals surface area contributed by atoms with Gasteiger partial charge in [-0.15, -0.1) is 0 Å². The largest absolute Gasteiger partial charge is 0.481 e. The van der Waals surface area contributed by atoms with E-state index in [1.807, 2.05) is 36.4 Å². The van der Waals surface area contributed by atoms with Crippen LogP contribution >= 0.6 is 0 Å². The predicted octanol–water partition coefficient (Wildman–Crippen LogP) is 4.84. The summed E-state index contributed by atoms with van der Waals surface area (Å²) in [4.78, 5) is 21.3. The van der Waals surface area contributed by atoms with Gasteiger partial charge in [0.05, 0.1) is 22.9 Å². The number of para-hydroxylation sites is 2. The summed E-state index contributed by atoms with van der Waals surface area (Å²) in [5, 5.41) is 2.63. The Bertz CT molecular complexity index is 1160. The first-order valence-corrected chi connectivity index (χ1v) is 9.14. The van der Waals surface area contributed by atoms with Crippen LogP contribution < -0.4 is 10.1 Å². The summed E-state index contributed by atoms with van der Waals surface area (Å²) >= 11 is 0. The fourth-order valence-electron chi connectivity index (χ4n) is 2.87. The van der Waals surface area contributed by atoms with Gasteiger partial charge < -0.3 is 10.1 Å². The molecule has 1 atom stereocenters. The van der Waals surface area contributed by atoms with Crippen molar-refractivity contribution in [2.24, 2.45) is 0 Å². The second kappa shape index (κ2) is 8.06. The predicted molar refractivity (Wildman–Crippen MR) is 110 cm³/mol. The maximum atomic E-state index is 13.2. The van der Waals surface area contributed by atoms with Crippen molar-refractivity contribution in [1.29, 1.82) is 0 Å². The lowest BCUT2D eigenvalue weighted by Gasteiger charge is -2.15. The molecule has 0 aliphatic carbocycles. The van der Waals surface area contributed by atoms with E-state index < -0.39 is 11.9 Å². The summed E-state index contributed by atoms with van der Waals surface area (Å²) in [5.74, 6) is -0.229. The number of ether oxygens (including phenoxy) is 1. The lowest BCUT2D eigenvalue weighted by atomic mass is 10.1.